The van der Waals surface area contributed by atoms with Gasteiger partial charge in [-0.3, -0.25) is 14.6 Å². The molecule has 2 aromatic carbocycles. The number of rotatable bonds is 4. The van der Waals surface area contributed by atoms with Gasteiger partial charge in [0.05, 0.1) is 12.6 Å². The van der Waals surface area contributed by atoms with Gasteiger partial charge in [-0.25, -0.2) is 18.0 Å². The highest BCUT2D eigenvalue weighted by molar-refractivity contribution is 6.14. The van der Waals surface area contributed by atoms with Gasteiger partial charge in [-0.2, -0.15) is 0 Å². The van der Waals surface area contributed by atoms with Gasteiger partial charge in [-0.1, -0.05) is 6.07 Å². The molecule has 8 heteroatoms. The molecule has 1 saturated heterocycles. The Morgan fingerprint density at radius 3 is 2.27 bits per heavy atom. The van der Waals surface area contributed by atoms with E-state index in [-0.39, 0.29) is 5.56 Å². The molecule has 1 aliphatic rings. The van der Waals surface area contributed by atoms with E-state index < -0.39 is 48.1 Å². The number of β-amino-alcohol motifs (C(OH)–C–C–N with tert-alkyl or cyclic N) is 1. The predicted octanol–water partition coefficient (Wildman–Crippen LogP) is 2.99. The van der Waals surface area contributed by atoms with Crippen LogP contribution in [0.5, 0.6) is 0 Å². The molecule has 1 heterocycles. The van der Waals surface area contributed by atoms with E-state index in [9.17, 15) is 27.9 Å². The largest absolute Gasteiger partial charge is 0.386 e. The number of hydrogen-bond donors (Lipinski definition) is 1. The predicted molar refractivity (Wildman–Crippen MR) is 86.8 cm³/mol. The molecule has 5 nitrogen and oxygen atoms in total. The molecule has 1 N–H and O–H groups in total. The SMILES string of the molecule is CC1C(=O)N(CC(O)c2ccc(F)cc2F)C(=O)N1c1ccc(F)cc1. The van der Waals surface area contributed by atoms with Crippen LogP contribution in [0.4, 0.5) is 23.7 Å². The summed E-state index contributed by atoms with van der Waals surface area (Å²) in [7, 11) is 0. The zero-order valence-corrected chi connectivity index (χ0v) is 13.7. The normalized spacial score (nSPS) is 18.6. The fourth-order valence-corrected chi connectivity index (χ4v) is 2.87. The van der Waals surface area contributed by atoms with E-state index in [1.807, 2.05) is 0 Å². The number of carbonyl (C=O) groups excluding carboxylic acids is 2. The highest BCUT2D eigenvalue weighted by Crippen LogP contribution is 2.28. The molecule has 0 radical (unpaired) electrons. The number of carbonyl (C=O) groups is 2. The molecular formula is C18H15F3N2O3. The van der Waals surface area contributed by atoms with Crippen LogP contribution in [0.1, 0.15) is 18.6 Å². The van der Waals surface area contributed by atoms with E-state index in [0.717, 1.165) is 34.1 Å². The van der Waals surface area contributed by atoms with Crippen molar-refractivity contribution in [2.45, 2.75) is 19.1 Å². The van der Waals surface area contributed by atoms with Gasteiger partial charge < -0.3 is 5.11 Å². The molecule has 2 atom stereocenters. The Hall–Kier alpha value is -2.87. The van der Waals surface area contributed by atoms with Crippen LogP contribution < -0.4 is 4.90 Å². The number of amides is 3. The van der Waals surface area contributed by atoms with Crippen molar-refractivity contribution in [2.24, 2.45) is 0 Å². The van der Waals surface area contributed by atoms with Crippen LogP contribution in [-0.4, -0.2) is 34.5 Å². The fourth-order valence-electron chi connectivity index (χ4n) is 2.87. The molecule has 136 valence electrons. The monoisotopic (exact) mass is 364 g/mol. The number of nitrogens with zero attached hydrogens (tertiary/aromatic N) is 2. The lowest BCUT2D eigenvalue weighted by molar-refractivity contribution is -0.128. The first-order valence-electron chi connectivity index (χ1n) is 7.82. The Kier molecular flexibility index (Phi) is 4.69. The average Bonchev–Trinajstić information content (AvgIpc) is 2.79. The molecule has 2 unspecified atom stereocenters. The molecule has 3 rings (SSSR count). The first-order chi connectivity index (χ1) is 12.3. The standard InChI is InChI=1S/C18H15F3N2O3/c1-10-17(25)22(9-16(24)14-7-4-12(20)8-15(14)21)18(26)23(10)13-5-2-11(19)3-6-13/h2-8,10,16,24H,9H2,1H3. The Morgan fingerprint density at radius 1 is 1.04 bits per heavy atom. The number of urea groups is 1. The second kappa shape index (κ2) is 6.80. The summed E-state index contributed by atoms with van der Waals surface area (Å²) in [5.41, 5.74) is 0.0992. The van der Waals surface area contributed by atoms with E-state index in [4.69, 9.17) is 0 Å². The van der Waals surface area contributed by atoms with Gasteiger partial charge in [0.25, 0.3) is 5.91 Å². The maximum Gasteiger partial charge on any atom is 0.332 e. The Labute approximate surface area is 147 Å². The molecule has 0 saturated carbocycles. The summed E-state index contributed by atoms with van der Waals surface area (Å²) in [5, 5.41) is 10.2. The van der Waals surface area contributed by atoms with Crippen molar-refractivity contribution in [1.29, 1.82) is 0 Å². The van der Waals surface area contributed by atoms with Crippen LogP contribution in [0.15, 0.2) is 42.5 Å². The number of imide groups is 1. The van der Waals surface area contributed by atoms with Crippen LogP contribution >= 0.6 is 0 Å². The lowest BCUT2D eigenvalue weighted by atomic mass is 10.1. The molecule has 0 bridgehead atoms. The number of aliphatic hydroxyl groups excluding tert-OH is 1. The van der Waals surface area contributed by atoms with Crippen molar-refractivity contribution in [2.75, 3.05) is 11.4 Å². The number of hydrogen-bond acceptors (Lipinski definition) is 3. The quantitative estimate of drug-likeness (QED) is 0.849. The Morgan fingerprint density at radius 2 is 1.65 bits per heavy atom. The van der Waals surface area contributed by atoms with Crippen LogP contribution in [-0.2, 0) is 4.79 Å². The summed E-state index contributed by atoms with van der Waals surface area (Å²) in [6, 6.07) is 6.10. The fraction of sp³-hybridized carbons (Fsp3) is 0.222. The summed E-state index contributed by atoms with van der Waals surface area (Å²) < 4.78 is 39.8. The van der Waals surface area contributed by atoms with Crippen molar-refractivity contribution >= 4 is 17.6 Å². The van der Waals surface area contributed by atoms with Gasteiger partial charge in [-0.05, 0) is 37.3 Å². The molecule has 2 aromatic rings. The van der Waals surface area contributed by atoms with E-state index in [2.05, 4.69) is 0 Å². The van der Waals surface area contributed by atoms with E-state index >= 15 is 0 Å². The number of halogens is 3. The summed E-state index contributed by atoms with van der Waals surface area (Å²) in [5.74, 6) is -2.85. The molecule has 1 fully saturated rings. The summed E-state index contributed by atoms with van der Waals surface area (Å²) in [6.07, 6.45) is -1.51. The highest BCUT2D eigenvalue weighted by atomic mass is 19.1. The van der Waals surface area contributed by atoms with Gasteiger partial charge >= 0.3 is 6.03 Å². The summed E-state index contributed by atoms with van der Waals surface area (Å²) in [4.78, 5) is 26.9. The van der Waals surface area contributed by atoms with Crippen molar-refractivity contribution in [3.63, 3.8) is 0 Å². The van der Waals surface area contributed by atoms with Gasteiger partial charge in [0, 0.05) is 17.3 Å². The molecule has 3 amide bonds. The van der Waals surface area contributed by atoms with Crippen LogP contribution in [0.3, 0.4) is 0 Å². The molecule has 0 aromatic heterocycles. The van der Waals surface area contributed by atoms with Crippen LogP contribution in [0, 0.1) is 17.5 Å². The second-order valence-corrected chi connectivity index (χ2v) is 5.94. The maximum absolute atomic E-state index is 13.8. The minimum atomic E-state index is -1.51. The van der Waals surface area contributed by atoms with Gasteiger partial charge in [0.2, 0.25) is 0 Å². The van der Waals surface area contributed by atoms with Crippen molar-refractivity contribution in [1.82, 2.24) is 4.90 Å². The average molecular weight is 364 g/mol. The van der Waals surface area contributed by atoms with Crippen molar-refractivity contribution in [3.8, 4) is 0 Å². The smallest absolute Gasteiger partial charge is 0.332 e. The summed E-state index contributed by atoms with van der Waals surface area (Å²) in [6.45, 7) is 1.01. The highest BCUT2D eigenvalue weighted by Gasteiger charge is 2.44. The van der Waals surface area contributed by atoms with E-state index in [1.165, 1.54) is 19.1 Å². The number of aliphatic hydroxyl groups is 1. The zero-order chi connectivity index (χ0) is 19.0. The third-order valence-corrected chi connectivity index (χ3v) is 4.23. The maximum atomic E-state index is 13.8. The van der Waals surface area contributed by atoms with Gasteiger partial charge in [0.1, 0.15) is 23.5 Å². The first kappa shape index (κ1) is 17.9. The zero-order valence-electron chi connectivity index (χ0n) is 13.7. The topological polar surface area (TPSA) is 60.9 Å². The molecular weight excluding hydrogens is 349 g/mol. The molecule has 26 heavy (non-hydrogen) atoms. The number of anilines is 1. The third-order valence-electron chi connectivity index (χ3n) is 4.23. The summed E-state index contributed by atoms with van der Waals surface area (Å²) >= 11 is 0. The molecule has 0 aliphatic carbocycles. The minimum Gasteiger partial charge on any atom is -0.386 e. The van der Waals surface area contributed by atoms with E-state index in [0.29, 0.717) is 11.8 Å². The molecule has 0 spiro atoms. The lowest BCUT2D eigenvalue weighted by Gasteiger charge is -2.21. The van der Waals surface area contributed by atoms with Crippen LogP contribution in [0.2, 0.25) is 0 Å². The molecule has 1 aliphatic heterocycles. The number of benzene rings is 2. The second-order valence-electron chi connectivity index (χ2n) is 5.94. The van der Waals surface area contributed by atoms with Gasteiger partial charge in [0.15, 0.2) is 0 Å². The van der Waals surface area contributed by atoms with E-state index in [1.54, 1.807) is 0 Å². The Balaban J connectivity index is 1.83. The lowest BCUT2D eigenvalue weighted by Crippen LogP contribution is -2.36. The van der Waals surface area contributed by atoms with Crippen molar-refractivity contribution < 1.29 is 27.9 Å². The van der Waals surface area contributed by atoms with Crippen molar-refractivity contribution in [3.05, 3.63) is 65.5 Å². The minimum absolute atomic E-state index is 0.222. The van der Waals surface area contributed by atoms with Gasteiger partial charge in [-0.15, -0.1) is 0 Å². The Bertz CT molecular complexity index is 857. The van der Waals surface area contributed by atoms with Crippen LogP contribution in [0.25, 0.3) is 0 Å². The third kappa shape index (κ3) is 3.15. The first-order valence-corrected chi connectivity index (χ1v) is 7.82.